The summed E-state index contributed by atoms with van der Waals surface area (Å²) >= 11 is 6.13. The summed E-state index contributed by atoms with van der Waals surface area (Å²) < 4.78 is 0. The van der Waals surface area contributed by atoms with Gasteiger partial charge in [-0.1, -0.05) is 56.8 Å². The Morgan fingerprint density at radius 1 is 1.23 bits per heavy atom. The molecule has 0 aromatic heterocycles. The van der Waals surface area contributed by atoms with Gasteiger partial charge >= 0.3 is 0 Å². The fourth-order valence-corrected chi connectivity index (χ4v) is 3.70. The van der Waals surface area contributed by atoms with Gasteiger partial charge in [0.15, 0.2) is 0 Å². The van der Waals surface area contributed by atoms with Gasteiger partial charge in [0.05, 0.1) is 10.6 Å². The zero-order valence-corrected chi connectivity index (χ0v) is 16.7. The number of carbonyl (C=O) groups is 2. The van der Waals surface area contributed by atoms with Gasteiger partial charge in [-0.25, -0.2) is 0 Å². The summed E-state index contributed by atoms with van der Waals surface area (Å²) in [4.78, 5) is 26.9. The molecule has 26 heavy (non-hydrogen) atoms. The van der Waals surface area contributed by atoms with Gasteiger partial charge in [0, 0.05) is 25.6 Å². The summed E-state index contributed by atoms with van der Waals surface area (Å²) in [6, 6.07) is 7.13. The van der Waals surface area contributed by atoms with Gasteiger partial charge in [-0.3, -0.25) is 9.59 Å². The van der Waals surface area contributed by atoms with Crippen LogP contribution in [0.4, 0.5) is 0 Å². The van der Waals surface area contributed by atoms with Crippen LogP contribution in [0.3, 0.4) is 0 Å². The minimum atomic E-state index is -0.0416. The number of hydrogen-bond acceptors (Lipinski definition) is 2. The molecule has 0 bridgehead atoms. The molecule has 1 aromatic rings. The first-order chi connectivity index (χ1) is 12.6. The third-order valence-corrected chi connectivity index (χ3v) is 5.70. The van der Waals surface area contributed by atoms with Crippen molar-refractivity contribution in [2.45, 2.75) is 52.4 Å². The minimum Gasteiger partial charge on any atom is -0.356 e. The lowest BCUT2D eigenvalue weighted by Crippen LogP contribution is -2.43. The molecule has 1 atom stereocenters. The van der Waals surface area contributed by atoms with Crippen LogP contribution in [0.25, 0.3) is 0 Å². The van der Waals surface area contributed by atoms with E-state index in [4.69, 9.17) is 11.6 Å². The second-order valence-corrected chi connectivity index (χ2v) is 7.62. The van der Waals surface area contributed by atoms with Crippen molar-refractivity contribution < 1.29 is 9.59 Å². The van der Waals surface area contributed by atoms with Crippen LogP contribution in [-0.2, 0) is 4.79 Å². The number of piperidine rings is 1. The number of hydrogen-bond donors (Lipinski definition) is 1. The highest BCUT2D eigenvalue weighted by Gasteiger charge is 2.28. The molecule has 0 aliphatic carbocycles. The van der Waals surface area contributed by atoms with Crippen molar-refractivity contribution in [1.29, 1.82) is 0 Å². The van der Waals surface area contributed by atoms with E-state index in [-0.39, 0.29) is 17.7 Å². The van der Waals surface area contributed by atoms with Crippen molar-refractivity contribution in [3.05, 3.63) is 34.9 Å². The first kappa shape index (κ1) is 20.8. The van der Waals surface area contributed by atoms with Gasteiger partial charge in [-0.05, 0) is 37.3 Å². The predicted molar refractivity (Wildman–Crippen MR) is 106 cm³/mol. The Balaban J connectivity index is 1.79. The van der Waals surface area contributed by atoms with Gasteiger partial charge in [-0.15, -0.1) is 0 Å². The summed E-state index contributed by atoms with van der Waals surface area (Å²) in [5.74, 6) is 0.680. The van der Waals surface area contributed by atoms with E-state index in [1.807, 2.05) is 12.1 Å². The largest absolute Gasteiger partial charge is 0.356 e. The van der Waals surface area contributed by atoms with Crippen LogP contribution >= 0.6 is 11.6 Å². The molecule has 1 saturated heterocycles. The van der Waals surface area contributed by atoms with E-state index >= 15 is 0 Å². The first-order valence-electron chi connectivity index (χ1n) is 9.88. The molecule has 1 unspecified atom stereocenters. The number of carbonyl (C=O) groups excluding carboxylic acids is 2. The molecule has 1 fully saturated rings. The molecular weight excluding hydrogens is 348 g/mol. The van der Waals surface area contributed by atoms with Crippen LogP contribution in [0.5, 0.6) is 0 Å². The zero-order chi connectivity index (χ0) is 18.9. The smallest absolute Gasteiger partial charge is 0.255 e. The van der Waals surface area contributed by atoms with Crippen LogP contribution in [0.15, 0.2) is 24.3 Å². The number of benzene rings is 1. The van der Waals surface area contributed by atoms with Crippen LogP contribution in [0, 0.1) is 11.8 Å². The van der Waals surface area contributed by atoms with Crippen molar-refractivity contribution >= 4 is 23.4 Å². The van der Waals surface area contributed by atoms with E-state index in [2.05, 4.69) is 19.2 Å². The molecule has 1 heterocycles. The molecule has 1 aliphatic rings. The van der Waals surface area contributed by atoms with Gasteiger partial charge in [0.2, 0.25) is 5.91 Å². The van der Waals surface area contributed by atoms with E-state index < -0.39 is 0 Å². The van der Waals surface area contributed by atoms with Gasteiger partial charge in [0.25, 0.3) is 5.91 Å². The minimum absolute atomic E-state index is 0.00831. The van der Waals surface area contributed by atoms with Crippen LogP contribution in [0.2, 0.25) is 5.02 Å². The van der Waals surface area contributed by atoms with E-state index in [0.29, 0.717) is 42.4 Å². The Hall–Kier alpha value is -1.55. The van der Waals surface area contributed by atoms with E-state index in [0.717, 1.165) is 13.0 Å². The average molecular weight is 379 g/mol. The third kappa shape index (κ3) is 5.73. The Morgan fingerprint density at radius 2 is 1.92 bits per heavy atom. The molecule has 0 radical (unpaired) electrons. The Bertz CT molecular complexity index is 597. The topological polar surface area (TPSA) is 49.4 Å². The molecule has 1 aromatic carbocycles. The number of rotatable bonds is 8. The predicted octanol–water partition coefficient (Wildman–Crippen LogP) is 4.52. The van der Waals surface area contributed by atoms with E-state index in [1.165, 1.54) is 19.3 Å². The van der Waals surface area contributed by atoms with Gasteiger partial charge < -0.3 is 10.2 Å². The molecule has 4 nitrogen and oxygen atoms in total. The van der Waals surface area contributed by atoms with Crippen LogP contribution in [-0.4, -0.2) is 36.3 Å². The average Bonchev–Trinajstić information content (AvgIpc) is 2.68. The maximum Gasteiger partial charge on any atom is 0.255 e. The molecule has 2 amide bonds. The number of nitrogens with zero attached hydrogens (tertiary/aromatic N) is 1. The molecule has 144 valence electrons. The molecule has 1 N–H and O–H groups in total. The summed E-state index contributed by atoms with van der Waals surface area (Å²) in [5.41, 5.74) is 0.541. The number of amides is 2. The van der Waals surface area contributed by atoms with E-state index in [9.17, 15) is 9.59 Å². The third-order valence-electron chi connectivity index (χ3n) is 5.37. The van der Waals surface area contributed by atoms with Crippen molar-refractivity contribution in [3.63, 3.8) is 0 Å². The van der Waals surface area contributed by atoms with Crippen molar-refractivity contribution in [3.8, 4) is 0 Å². The zero-order valence-electron chi connectivity index (χ0n) is 16.0. The first-order valence-corrected chi connectivity index (χ1v) is 10.3. The van der Waals surface area contributed by atoms with E-state index in [1.54, 1.807) is 17.0 Å². The van der Waals surface area contributed by atoms with Crippen molar-refractivity contribution in [2.75, 3.05) is 19.6 Å². The number of unbranched alkanes of at least 4 members (excludes halogenated alkanes) is 1. The Kier molecular flexibility index (Phi) is 8.43. The highest BCUT2D eigenvalue weighted by Crippen LogP contribution is 2.22. The highest BCUT2D eigenvalue weighted by atomic mass is 35.5. The maximum absolute atomic E-state index is 12.6. The number of halogens is 1. The SMILES string of the molecule is CCCCC(CC)CNC(=O)C1CCN(C(=O)c2ccccc2Cl)CC1. The standard InChI is InChI=1S/C21H31ClN2O2/c1-3-5-8-16(4-2)15-23-20(25)17-11-13-24(14-12-17)21(26)18-9-6-7-10-19(18)22/h6-7,9-10,16-17H,3-5,8,11-15H2,1-2H3,(H,23,25). The molecule has 1 aliphatic heterocycles. The fraction of sp³-hybridized carbons (Fsp3) is 0.619. The molecular formula is C21H31ClN2O2. The number of nitrogens with one attached hydrogen (secondary N) is 1. The number of likely N-dealkylation sites (tertiary alicyclic amines) is 1. The Labute approximate surface area is 162 Å². The molecule has 0 spiro atoms. The molecule has 5 heteroatoms. The lowest BCUT2D eigenvalue weighted by molar-refractivity contribution is -0.126. The highest BCUT2D eigenvalue weighted by molar-refractivity contribution is 6.33. The quantitative estimate of drug-likeness (QED) is 0.722. The normalized spacial score (nSPS) is 16.3. The monoisotopic (exact) mass is 378 g/mol. The van der Waals surface area contributed by atoms with Crippen LogP contribution in [0.1, 0.15) is 62.7 Å². The van der Waals surface area contributed by atoms with Gasteiger partial charge in [-0.2, -0.15) is 0 Å². The van der Waals surface area contributed by atoms with Crippen molar-refractivity contribution in [2.24, 2.45) is 11.8 Å². The maximum atomic E-state index is 12.6. The molecule has 0 saturated carbocycles. The second kappa shape index (κ2) is 10.6. The summed E-state index contributed by atoms with van der Waals surface area (Å²) in [6.07, 6.45) is 6.13. The second-order valence-electron chi connectivity index (χ2n) is 7.21. The lowest BCUT2D eigenvalue weighted by atomic mass is 9.94. The summed E-state index contributed by atoms with van der Waals surface area (Å²) in [6.45, 7) is 6.37. The lowest BCUT2D eigenvalue weighted by Gasteiger charge is -2.32. The summed E-state index contributed by atoms with van der Waals surface area (Å²) in [7, 11) is 0. The summed E-state index contributed by atoms with van der Waals surface area (Å²) in [5, 5.41) is 3.62. The Morgan fingerprint density at radius 3 is 2.54 bits per heavy atom. The van der Waals surface area contributed by atoms with Crippen molar-refractivity contribution in [1.82, 2.24) is 10.2 Å². The van der Waals surface area contributed by atoms with Gasteiger partial charge in [0.1, 0.15) is 0 Å². The fourth-order valence-electron chi connectivity index (χ4n) is 3.48. The molecule has 2 rings (SSSR count). The van der Waals surface area contributed by atoms with Crippen LogP contribution < -0.4 is 5.32 Å².